The average molecular weight is 347 g/mol. The van der Waals surface area contributed by atoms with Gasteiger partial charge < -0.3 is 24.3 Å². The summed E-state index contributed by atoms with van der Waals surface area (Å²) in [6.07, 6.45) is 3.08. The largest absolute Gasteiger partial charge is 0.493 e. The van der Waals surface area contributed by atoms with E-state index < -0.39 is 0 Å². The molecule has 0 spiro atoms. The molecular weight excluding hydrogens is 322 g/mol. The van der Waals surface area contributed by atoms with Crippen molar-refractivity contribution in [2.75, 3.05) is 27.4 Å². The highest BCUT2D eigenvalue weighted by Crippen LogP contribution is 2.31. The predicted octanol–water partition coefficient (Wildman–Crippen LogP) is 2.20. The summed E-state index contributed by atoms with van der Waals surface area (Å²) in [6.45, 7) is 0.399. The molecule has 0 aliphatic rings. The number of carbonyl (C=O) groups excluding carboxylic acids is 1. The summed E-state index contributed by atoms with van der Waals surface area (Å²) >= 11 is 0. The zero-order chi connectivity index (χ0) is 18.1. The smallest absolute Gasteiger partial charge is 0.220 e. The van der Waals surface area contributed by atoms with Gasteiger partial charge in [-0.1, -0.05) is 12.1 Å². The van der Waals surface area contributed by atoms with E-state index >= 15 is 0 Å². The van der Waals surface area contributed by atoms with Crippen molar-refractivity contribution in [1.29, 1.82) is 0 Å². The third kappa shape index (κ3) is 5.53. The molecule has 6 nitrogen and oxygen atoms in total. The number of rotatable bonds is 10. The van der Waals surface area contributed by atoms with Crippen LogP contribution in [0.2, 0.25) is 0 Å². The van der Waals surface area contributed by atoms with Gasteiger partial charge in [-0.05, 0) is 30.2 Å². The molecule has 1 amide bonds. The number of aliphatic hydroxyl groups excluding tert-OH is 1. The molecule has 0 aliphatic heterocycles. The second-order valence-electron chi connectivity index (χ2n) is 5.79. The quantitative estimate of drug-likeness (QED) is 0.689. The molecule has 6 heteroatoms. The highest BCUT2D eigenvalue weighted by atomic mass is 16.5. The molecular formula is C19H25NO5. The minimum absolute atomic E-state index is 0.00924. The number of hydrogen-bond acceptors (Lipinski definition) is 5. The summed E-state index contributed by atoms with van der Waals surface area (Å²) < 4.78 is 15.9. The first-order chi connectivity index (χ1) is 12.2. The van der Waals surface area contributed by atoms with E-state index in [1.54, 1.807) is 20.5 Å². The molecule has 2 N–H and O–H groups in total. The summed E-state index contributed by atoms with van der Waals surface area (Å²) in [5.74, 6) is 1.97. The van der Waals surface area contributed by atoms with Crippen molar-refractivity contribution in [3.8, 4) is 11.5 Å². The van der Waals surface area contributed by atoms with Gasteiger partial charge in [-0.15, -0.1) is 0 Å². The van der Waals surface area contributed by atoms with E-state index in [1.807, 2.05) is 30.3 Å². The molecule has 0 saturated carbocycles. The Hall–Kier alpha value is -2.47. The number of furan rings is 1. The molecule has 25 heavy (non-hydrogen) atoms. The van der Waals surface area contributed by atoms with E-state index in [0.29, 0.717) is 37.3 Å². The molecule has 1 aromatic heterocycles. The van der Waals surface area contributed by atoms with Crippen LogP contribution in [0.25, 0.3) is 0 Å². The van der Waals surface area contributed by atoms with Gasteiger partial charge in [0.2, 0.25) is 5.91 Å². The second-order valence-corrected chi connectivity index (χ2v) is 5.79. The molecule has 0 aliphatic carbocycles. The summed E-state index contributed by atoms with van der Waals surface area (Å²) in [5.41, 5.74) is 0.922. The van der Waals surface area contributed by atoms with Gasteiger partial charge in [0.15, 0.2) is 11.5 Å². The van der Waals surface area contributed by atoms with Crippen LogP contribution in [-0.4, -0.2) is 38.4 Å². The molecule has 2 rings (SSSR count). The van der Waals surface area contributed by atoms with Crippen LogP contribution in [0.5, 0.6) is 11.5 Å². The van der Waals surface area contributed by atoms with Gasteiger partial charge in [-0.2, -0.15) is 0 Å². The lowest BCUT2D eigenvalue weighted by Crippen LogP contribution is -2.31. The molecule has 1 atom stereocenters. The van der Waals surface area contributed by atoms with Gasteiger partial charge >= 0.3 is 0 Å². The lowest BCUT2D eigenvalue weighted by atomic mass is 10.0. The SMILES string of the molecule is COc1cccc(CCC(=O)NC[C@H](CO)Cc2ccco2)c1OC. The standard InChI is InChI=1S/C19H25NO5/c1-23-17-7-3-5-15(19(17)24-2)8-9-18(22)20-12-14(13-21)11-16-6-4-10-25-16/h3-7,10,14,21H,8-9,11-13H2,1-2H3,(H,20,22)/t14-/m1/s1. The predicted molar refractivity (Wildman–Crippen MR) is 93.9 cm³/mol. The Kier molecular flexibility index (Phi) is 7.35. The zero-order valence-electron chi connectivity index (χ0n) is 14.7. The van der Waals surface area contributed by atoms with Crippen LogP contribution < -0.4 is 14.8 Å². The number of benzene rings is 1. The van der Waals surface area contributed by atoms with Crippen molar-refractivity contribution < 1.29 is 23.8 Å². The topological polar surface area (TPSA) is 80.9 Å². The van der Waals surface area contributed by atoms with Crippen molar-refractivity contribution in [2.24, 2.45) is 5.92 Å². The number of aryl methyl sites for hydroxylation is 1. The molecule has 1 aromatic carbocycles. The fourth-order valence-electron chi connectivity index (χ4n) is 2.66. The van der Waals surface area contributed by atoms with E-state index in [9.17, 15) is 9.90 Å². The fourth-order valence-corrected chi connectivity index (χ4v) is 2.66. The van der Waals surface area contributed by atoms with E-state index in [0.717, 1.165) is 11.3 Å². The van der Waals surface area contributed by atoms with Crippen LogP contribution in [0.15, 0.2) is 41.0 Å². The molecule has 1 heterocycles. The van der Waals surface area contributed by atoms with Gasteiger partial charge in [0.05, 0.1) is 20.5 Å². The monoisotopic (exact) mass is 347 g/mol. The van der Waals surface area contributed by atoms with Gasteiger partial charge in [0.1, 0.15) is 5.76 Å². The van der Waals surface area contributed by atoms with Crippen LogP contribution >= 0.6 is 0 Å². The van der Waals surface area contributed by atoms with Crippen molar-refractivity contribution in [3.63, 3.8) is 0 Å². The minimum atomic E-state index is -0.0681. The Balaban J connectivity index is 1.82. The molecule has 0 fully saturated rings. The van der Waals surface area contributed by atoms with Crippen molar-refractivity contribution >= 4 is 5.91 Å². The average Bonchev–Trinajstić information content (AvgIpc) is 3.15. The fraction of sp³-hybridized carbons (Fsp3) is 0.421. The number of aliphatic hydroxyl groups is 1. The van der Waals surface area contributed by atoms with Crippen LogP contribution in [0.3, 0.4) is 0 Å². The summed E-state index contributed by atoms with van der Waals surface area (Å²) in [6, 6.07) is 9.29. The molecule has 136 valence electrons. The number of methoxy groups -OCH3 is 2. The van der Waals surface area contributed by atoms with E-state index in [4.69, 9.17) is 13.9 Å². The number of para-hydroxylation sites is 1. The third-order valence-corrected chi connectivity index (χ3v) is 4.02. The van der Waals surface area contributed by atoms with Gasteiger partial charge in [-0.3, -0.25) is 4.79 Å². The van der Waals surface area contributed by atoms with Crippen molar-refractivity contribution in [2.45, 2.75) is 19.3 Å². The molecule has 0 radical (unpaired) electrons. The lowest BCUT2D eigenvalue weighted by Gasteiger charge is -2.15. The number of nitrogens with one attached hydrogen (secondary N) is 1. The zero-order valence-corrected chi connectivity index (χ0v) is 14.7. The van der Waals surface area contributed by atoms with E-state index in [-0.39, 0.29) is 18.4 Å². The lowest BCUT2D eigenvalue weighted by molar-refractivity contribution is -0.121. The van der Waals surface area contributed by atoms with Crippen LogP contribution in [-0.2, 0) is 17.6 Å². The third-order valence-electron chi connectivity index (χ3n) is 4.02. The first-order valence-corrected chi connectivity index (χ1v) is 8.27. The van der Waals surface area contributed by atoms with Crippen LogP contribution in [0.4, 0.5) is 0 Å². The molecule has 0 bridgehead atoms. The second kappa shape index (κ2) is 9.74. The Morgan fingerprint density at radius 3 is 2.72 bits per heavy atom. The number of amides is 1. The Morgan fingerprint density at radius 1 is 1.24 bits per heavy atom. The normalized spacial score (nSPS) is 11.8. The van der Waals surface area contributed by atoms with E-state index in [2.05, 4.69) is 5.32 Å². The Labute approximate surface area is 147 Å². The minimum Gasteiger partial charge on any atom is -0.493 e. The summed E-state index contributed by atoms with van der Waals surface area (Å²) in [7, 11) is 3.17. The first-order valence-electron chi connectivity index (χ1n) is 8.27. The molecule has 2 aromatic rings. The molecule has 0 saturated heterocycles. The van der Waals surface area contributed by atoms with Gasteiger partial charge in [0.25, 0.3) is 0 Å². The van der Waals surface area contributed by atoms with Crippen molar-refractivity contribution in [1.82, 2.24) is 5.32 Å². The van der Waals surface area contributed by atoms with Crippen molar-refractivity contribution in [3.05, 3.63) is 47.9 Å². The Morgan fingerprint density at radius 2 is 2.08 bits per heavy atom. The Bertz CT molecular complexity index is 654. The first kappa shape index (κ1) is 18.9. The maximum atomic E-state index is 12.1. The van der Waals surface area contributed by atoms with Gasteiger partial charge in [0, 0.05) is 31.9 Å². The highest BCUT2D eigenvalue weighted by Gasteiger charge is 2.14. The number of hydrogen-bond donors (Lipinski definition) is 2. The van der Waals surface area contributed by atoms with Crippen LogP contribution in [0.1, 0.15) is 17.7 Å². The summed E-state index contributed by atoms with van der Waals surface area (Å²) in [5, 5.41) is 12.3. The number of ether oxygens (including phenoxy) is 2. The summed E-state index contributed by atoms with van der Waals surface area (Å²) in [4.78, 5) is 12.1. The van der Waals surface area contributed by atoms with E-state index in [1.165, 1.54) is 0 Å². The van der Waals surface area contributed by atoms with Crippen LogP contribution in [0, 0.1) is 5.92 Å². The maximum absolute atomic E-state index is 12.1. The number of carbonyl (C=O) groups is 1. The maximum Gasteiger partial charge on any atom is 0.220 e. The van der Waals surface area contributed by atoms with Gasteiger partial charge in [-0.25, -0.2) is 0 Å². The highest BCUT2D eigenvalue weighted by molar-refractivity contribution is 5.76. The molecule has 0 unspecified atom stereocenters.